The van der Waals surface area contributed by atoms with Gasteiger partial charge in [-0.3, -0.25) is 0 Å². The number of rotatable bonds is 6. The lowest BCUT2D eigenvalue weighted by atomic mass is 10.0. The van der Waals surface area contributed by atoms with Crippen LogP contribution in [0, 0.1) is 0 Å². The molecular formula is C21H26N2O2S. The molecular weight excluding hydrogens is 344 g/mol. The number of thiocarbonyl (C=S) groups is 1. The second kappa shape index (κ2) is 8.90. The lowest BCUT2D eigenvalue weighted by Gasteiger charge is -2.29. The number of nitrogens with one attached hydrogen (secondary N) is 1. The fourth-order valence-corrected chi connectivity index (χ4v) is 3.81. The highest BCUT2D eigenvalue weighted by Gasteiger charge is 2.30. The normalized spacial score (nSPS) is 16.4. The third-order valence-electron chi connectivity index (χ3n) is 4.84. The Balaban J connectivity index is 1.67. The predicted molar refractivity (Wildman–Crippen MR) is 109 cm³/mol. The highest BCUT2D eigenvalue weighted by atomic mass is 32.1. The van der Waals surface area contributed by atoms with Crippen LogP contribution in [0.15, 0.2) is 48.5 Å². The molecule has 0 aliphatic carbocycles. The van der Waals surface area contributed by atoms with Crippen molar-refractivity contribution < 1.29 is 9.47 Å². The molecule has 26 heavy (non-hydrogen) atoms. The summed E-state index contributed by atoms with van der Waals surface area (Å²) >= 11 is 5.69. The van der Waals surface area contributed by atoms with Crippen molar-refractivity contribution >= 4 is 17.3 Å². The van der Waals surface area contributed by atoms with Crippen LogP contribution >= 0.6 is 12.2 Å². The molecule has 1 aliphatic heterocycles. The number of benzene rings is 2. The van der Waals surface area contributed by atoms with E-state index in [0.717, 1.165) is 54.5 Å². The molecule has 0 bridgehead atoms. The molecule has 1 saturated heterocycles. The zero-order valence-corrected chi connectivity index (χ0v) is 16.2. The van der Waals surface area contributed by atoms with Crippen LogP contribution < -0.4 is 14.8 Å². The number of hydrogen-bond donors (Lipinski definition) is 1. The Morgan fingerprint density at radius 3 is 2.69 bits per heavy atom. The van der Waals surface area contributed by atoms with Gasteiger partial charge in [-0.15, -0.1) is 0 Å². The number of methoxy groups -OCH3 is 2. The molecule has 1 aliphatic rings. The average molecular weight is 371 g/mol. The van der Waals surface area contributed by atoms with E-state index in [1.807, 2.05) is 18.2 Å². The van der Waals surface area contributed by atoms with Gasteiger partial charge in [-0.2, -0.15) is 0 Å². The summed E-state index contributed by atoms with van der Waals surface area (Å²) in [4.78, 5) is 2.28. The standard InChI is InChI=1S/C21H26N2O2S/c1-24-17-10-11-20(25-2)18(15-17)19-9-6-14-23(19)21(26)22-13-12-16-7-4-3-5-8-16/h3-5,7-8,10-11,15,19H,6,9,12-14H2,1-2H3,(H,22,26)/t19-/m0/s1. The molecule has 0 saturated carbocycles. The molecule has 0 aromatic heterocycles. The van der Waals surface area contributed by atoms with E-state index >= 15 is 0 Å². The fraction of sp³-hybridized carbons (Fsp3) is 0.381. The molecule has 2 aromatic rings. The maximum Gasteiger partial charge on any atom is 0.169 e. The van der Waals surface area contributed by atoms with Crippen LogP contribution in [0.4, 0.5) is 0 Å². The topological polar surface area (TPSA) is 33.7 Å². The second-order valence-corrected chi connectivity index (χ2v) is 6.81. The second-order valence-electron chi connectivity index (χ2n) is 6.43. The summed E-state index contributed by atoms with van der Waals surface area (Å²) in [5.41, 5.74) is 2.45. The first kappa shape index (κ1) is 18.5. The first-order valence-corrected chi connectivity index (χ1v) is 9.44. The van der Waals surface area contributed by atoms with E-state index in [2.05, 4.69) is 40.5 Å². The summed E-state index contributed by atoms with van der Waals surface area (Å²) in [6, 6.07) is 16.6. The van der Waals surface area contributed by atoms with Crippen molar-refractivity contribution in [3.05, 3.63) is 59.7 Å². The Bertz CT molecular complexity index is 736. The van der Waals surface area contributed by atoms with Crippen molar-refractivity contribution in [2.75, 3.05) is 27.3 Å². The van der Waals surface area contributed by atoms with Gasteiger partial charge in [-0.1, -0.05) is 30.3 Å². The van der Waals surface area contributed by atoms with E-state index in [-0.39, 0.29) is 6.04 Å². The predicted octanol–water partition coefficient (Wildman–Crippen LogP) is 3.96. The van der Waals surface area contributed by atoms with E-state index in [1.54, 1.807) is 14.2 Å². The van der Waals surface area contributed by atoms with Gasteiger partial charge in [0.2, 0.25) is 0 Å². The van der Waals surface area contributed by atoms with Gasteiger partial charge in [0.25, 0.3) is 0 Å². The van der Waals surface area contributed by atoms with Crippen LogP contribution in [0.5, 0.6) is 11.5 Å². The Labute approximate surface area is 161 Å². The molecule has 5 heteroatoms. The smallest absolute Gasteiger partial charge is 0.169 e. The van der Waals surface area contributed by atoms with E-state index < -0.39 is 0 Å². The monoisotopic (exact) mass is 370 g/mol. The Morgan fingerprint density at radius 2 is 1.96 bits per heavy atom. The van der Waals surface area contributed by atoms with Crippen LogP contribution in [0.1, 0.15) is 30.0 Å². The molecule has 4 nitrogen and oxygen atoms in total. The van der Waals surface area contributed by atoms with Gasteiger partial charge < -0.3 is 19.7 Å². The lowest BCUT2D eigenvalue weighted by Crippen LogP contribution is -2.40. The maximum absolute atomic E-state index is 5.69. The van der Waals surface area contributed by atoms with Crippen LogP contribution in [0.2, 0.25) is 0 Å². The summed E-state index contributed by atoms with van der Waals surface area (Å²) in [5.74, 6) is 1.73. The van der Waals surface area contributed by atoms with Crippen molar-refractivity contribution in [1.29, 1.82) is 0 Å². The fourth-order valence-electron chi connectivity index (χ4n) is 3.49. The highest BCUT2D eigenvalue weighted by Crippen LogP contribution is 2.38. The summed E-state index contributed by atoms with van der Waals surface area (Å²) in [6.45, 7) is 1.80. The van der Waals surface area contributed by atoms with Gasteiger partial charge in [0.15, 0.2) is 5.11 Å². The van der Waals surface area contributed by atoms with Crippen LogP contribution in [-0.2, 0) is 6.42 Å². The molecule has 2 aromatic carbocycles. The lowest BCUT2D eigenvalue weighted by molar-refractivity contribution is 0.357. The highest BCUT2D eigenvalue weighted by molar-refractivity contribution is 7.80. The minimum absolute atomic E-state index is 0.219. The third-order valence-corrected chi connectivity index (χ3v) is 5.22. The zero-order chi connectivity index (χ0) is 18.4. The van der Waals surface area contributed by atoms with Crippen molar-refractivity contribution in [3.63, 3.8) is 0 Å². The Hall–Kier alpha value is -2.27. The number of ether oxygens (including phenoxy) is 2. The van der Waals surface area contributed by atoms with Gasteiger partial charge in [0.1, 0.15) is 11.5 Å². The van der Waals surface area contributed by atoms with E-state index in [1.165, 1.54) is 5.56 Å². The molecule has 0 amide bonds. The summed E-state index contributed by atoms with van der Waals surface area (Å²) in [7, 11) is 3.40. The molecule has 1 N–H and O–H groups in total. The SMILES string of the molecule is COc1ccc(OC)c([C@@H]2CCCN2C(=S)NCCc2ccccc2)c1. The zero-order valence-electron chi connectivity index (χ0n) is 15.4. The van der Waals surface area contributed by atoms with Gasteiger partial charge in [-0.25, -0.2) is 0 Å². The van der Waals surface area contributed by atoms with Gasteiger partial charge in [0.05, 0.1) is 20.3 Å². The molecule has 0 radical (unpaired) electrons. The molecule has 1 heterocycles. The minimum Gasteiger partial charge on any atom is -0.497 e. The number of nitrogens with zero attached hydrogens (tertiary/aromatic N) is 1. The van der Waals surface area contributed by atoms with Gasteiger partial charge >= 0.3 is 0 Å². The molecule has 0 unspecified atom stereocenters. The maximum atomic E-state index is 5.69. The van der Waals surface area contributed by atoms with E-state index in [4.69, 9.17) is 21.7 Å². The van der Waals surface area contributed by atoms with Crippen LogP contribution in [0.25, 0.3) is 0 Å². The largest absolute Gasteiger partial charge is 0.497 e. The molecule has 1 atom stereocenters. The molecule has 138 valence electrons. The first-order chi connectivity index (χ1) is 12.7. The quantitative estimate of drug-likeness (QED) is 0.779. The van der Waals surface area contributed by atoms with E-state index in [0.29, 0.717) is 0 Å². The molecule has 1 fully saturated rings. The van der Waals surface area contributed by atoms with E-state index in [9.17, 15) is 0 Å². The van der Waals surface area contributed by atoms with Crippen molar-refractivity contribution in [2.24, 2.45) is 0 Å². The van der Waals surface area contributed by atoms with Crippen molar-refractivity contribution in [2.45, 2.75) is 25.3 Å². The van der Waals surface area contributed by atoms with Gasteiger partial charge in [-0.05, 0) is 55.2 Å². The number of hydrogen-bond acceptors (Lipinski definition) is 3. The average Bonchev–Trinajstić information content (AvgIpc) is 3.18. The first-order valence-electron chi connectivity index (χ1n) is 9.03. The van der Waals surface area contributed by atoms with Crippen molar-refractivity contribution in [3.8, 4) is 11.5 Å². The Kier molecular flexibility index (Phi) is 6.34. The number of likely N-dealkylation sites (tertiary alicyclic amines) is 1. The Morgan fingerprint density at radius 1 is 1.15 bits per heavy atom. The summed E-state index contributed by atoms with van der Waals surface area (Å²) < 4.78 is 11.0. The van der Waals surface area contributed by atoms with Gasteiger partial charge in [0, 0.05) is 18.7 Å². The van der Waals surface area contributed by atoms with Crippen LogP contribution in [0.3, 0.4) is 0 Å². The third kappa shape index (κ3) is 4.28. The van der Waals surface area contributed by atoms with Crippen molar-refractivity contribution in [1.82, 2.24) is 10.2 Å². The minimum atomic E-state index is 0.219. The summed E-state index contributed by atoms with van der Waals surface area (Å²) in [6.07, 6.45) is 3.14. The van der Waals surface area contributed by atoms with Crippen LogP contribution in [-0.4, -0.2) is 37.3 Å². The molecule has 0 spiro atoms. The summed E-state index contributed by atoms with van der Waals surface area (Å²) in [5, 5.41) is 4.24. The molecule has 3 rings (SSSR count).